The van der Waals surface area contributed by atoms with Crippen LogP contribution in [0.5, 0.6) is 0 Å². The fourth-order valence-electron chi connectivity index (χ4n) is 1.41. The van der Waals surface area contributed by atoms with Gasteiger partial charge < -0.3 is 9.47 Å². The molecule has 0 rings (SSSR count). The number of likely N-dealkylation sites (N-methyl/N-ethyl adjacent to an activating group) is 1. The molecule has 1 N–H and O–H groups in total. The number of carbonyl (C=O) groups is 1. The zero-order valence-electron chi connectivity index (χ0n) is 16.3. The van der Waals surface area contributed by atoms with Gasteiger partial charge in [-0.2, -0.15) is 56.7 Å². The van der Waals surface area contributed by atoms with Crippen LogP contribution in [0, 0.1) is 0 Å². The molecule has 0 aliphatic carbocycles. The van der Waals surface area contributed by atoms with E-state index < -0.39 is 51.0 Å². The fourth-order valence-corrected chi connectivity index (χ4v) is 1.90. The van der Waals surface area contributed by atoms with Gasteiger partial charge in [0.15, 0.2) is 0 Å². The second-order valence-corrected chi connectivity index (χ2v) is 7.22. The average Bonchev–Trinajstić information content (AvgIpc) is 2.57. The van der Waals surface area contributed by atoms with Crippen LogP contribution in [0.1, 0.15) is 6.92 Å². The first kappa shape index (κ1) is 32.7. The summed E-state index contributed by atoms with van der Waals surface area (Å²) >= 11 is 0. The predicted octanol–water partition coefficient (Wildman–Crippen LogP) is 2.68. The van der Waals surface area contributed by atoms with Gasteiger partial charge in [-0.15, -0.1) is 0 Å². The van der Waals surface area contributed by atoms with Crippen molar-refractivity contribution in [2.24, 2.45) is 0 Å². The number of halogens is 11. The van der Waals surface area contributed by atoms with E-state index in [1.54, 1.807) is 14.0 Å². The molecule has 0 atom stereocenters. The van der Waals surface area contributed by atoms with E-state index in [1.807, 2.05) is 0 Å². The lowest BCUT2D eigenvalue weighted by molar-refractivity contribution is -0.269. The van der Waals surface area contributed by atoms with Crippen molar-refractivity contribution in [1.29, 1.82) is 0 Å². The van der Waals surface area contributed by atoms with Gasteiger partial charge >= 0.3 is 39.7 Å². The topological polar surface area (TPSA) is 84.9 Å². The summed E-state index contributed by atoms with van der Waals surface area (Å²) in [5.74, 6) is -9.90. The molecule has 0 aromatic rings. The lowest BCUT2D eigenvalue weighted by Crippen LogP contribution is -2.54. The van der Waals surface area contributed by atoms with Gasteiger partial charge in [0.25, 0.3) is 0 Å². The molecule has 0 aliphatic heterocycles. The van der Waals surface area contributed by atoms with Gasteiger partial charge in [0.2, 0.25) is 0 Å². The molecule has 0 unspecified atom stereocenters. The SMILES string of the molecule is CCN(CCOCCOC)CC(F)(F)F.O=C(NS(=O)(=O)C(F)(F)F)C(F)(F)C(F)(F)F. The van der Waals surface area contributed by atoms with Crippen molar-refractivity contribution in [2.75, 3.05) is 46.6 Å². The second-order valence-electron chi connectivity index (χ2n) is 5.54. The van der Waals surface area contributed by atoms with Gasteiger partial charge in [-0.1, -0.05) is 6.92 Å². The molecule has 7 nitrogen and oxygen atoms in total. The molecule has 0 aromatic heterocycles. The molecule has 0 saturated carbocycles. The summed E-state index contributed by atoms with van der Waals surface area (Å²) in [7, 11) is -5.07. The van der Waals surface area contributed by atoms with Crippen LogP contribution in [0.15, 0.2) is 0 Å². The Morgan fingerprint density at radius 2 is 1.41 bits per heavy atom. The lowest BCUT2D eigenvalue weighted by atomic mass is 10.3. The predicted molar refractivity (Wildman–Crippen MR) is 85.0 cm³/mol. The molecular formula is C13H19F11N2O5S. The highest BCUT2D eigenvalue weighted by molar-refractivity contribution is 7.90. The Balaban J connectivity index is 0. The molecule has 0 aliphatic rings. The maximum Gasteiger partial charge on any atom is 0.516 e. The van der Waals surface area contributed by atoms with Crippen LogP contribution in [0.3, 0.4) is 0 Å². The average molecular weight is 524 g/mol. The second kappa shape index (κ2) is 12.7. The summed E-state index contributed by atoms with van der Waals surface area (Å²) in [6.07, 6.45) is -10.7. The third-order valence-corrected chi connectivity index (χ3v) is 4.07. The van der Waals surface area contributed by atoms with E-state index in [4.69, 9.17) is 9.47 Å². The van der Waals surface area contributed by atoms with Crippen molar-refractivity contribution in [3.63, 3.8) is 0 Å². The van der Waals surface area contributed by atoms with Crippen LogP contribution >= 0.6 is 0 Å². The number of nitrogens with zero attached hydrogens (tertiary/aromatic N) is 1. The lowest BCUT2D eigenvalue weighted by Gasteiger charge is -2.21. The van der Waals surface area contributed by atoms with E-state index in [0.717, 1.165) is 0 Å². The molecule has 0 heterocycles. The van der Waals surface area contributed by atoms with Crippen LogP contribution in [0.4, 0.5) is 48.3 Å². The minimum Gasteiger partial charge on any atom is -0.382 e. The first-order chi connectivity index (χ1) is 14.1. The number of sulfonamides is 1. The maximum absolute atomic E-state index is 12.1. The highest BCUT2D eigenvalue weighted by Crippen LogP contribution is 2.36. The number of carbonyl (C=O) groups excluding carboxylic acids is 1. The molecule has 0 saturated heterocycles. The van der Waals surface area contributed by atoms with E-state index in [0.29, 0.717) is 32.9 Å². The van der Waals surface area contributed by atoms with Crippen LogP contribution in [-0.2, 0) is 24.3 Å². The summed E-state index contributed by atoms with van der Waals surface area (Å²) in [6.45, 7) is 2.66. The minimum atomic E-state index is -6.62. The van der Waals surface area contributed by atoms with E-state index in [-0.39, 0.29) is 0 Å². The van der Waals surface area contributed by atoms with Crippen LogP contribution in [-0.4, -0.2) is 89.6 Å². The molecule has 0 radical (unpaired) electrons. The van der Waals surface area contributed by atoms with Gasteiger partial charge in [0.05, 0.1) is 26.4 Å². The molecule has 0 spiro atoms. The van der Waals surface area contributed by atoms with Crippen LogP contribution in [0.2, 0.25) is 0 Å². The maximum atomic E-state index is 12.1. The number of hydrogen-bond donors (Lipinski definition) is 1. The molecule has 1 amide bonds. The summed E-state index contributed by atoms with van der Waals surface area (Å²) in [5.41, 5.74) is -6.19. The Morgan fingerprint density at radius 1 is 0.906 bits per heavy atom. The standard InChI is InChI=1S/C9H18F3NO2.C4HF8NO3S/c1-3-13(8-9(10,11)12)4-5-15-7-6-14-2;5-2(6,3(7,8)9)1(14)13-17(15,16)4(10,11)12/h3-8H2,1-2H3;(H,13,14). The number of rotatable bonds is 10. The Morgan fingerprint density at radius 3 is 1.75 bits per heavy atom. The smallest absolute Gasteiger partial charge is 0.382 e. The molecule has 194 valence electrons. The van der Waals surface area contributed by atoms with Gasteiger partial charge in [-0.25, -0.2) is 4.72 Å². The summed E-state index contributed by atoms with van der Waals surface area (Å²) < 4.78 is 159. The van der Waals surface area contributed by atoms with Crippen LogP contribution in [0.25, 0.3) is 0 Å². The van der Waals surface area contributed by atoms with Crippen molar-refractivity contribution < 1.29 is 71.0 Å². The van der Waals surface area contributed by atoms with E-state index >= 15 is 0 Å². The third kappa shape index (κ3) is 12.5. The van der Waals surface area contributed by atoms with E-state index in [1.165, 1.54) is 4.90 Å². The molecular weight excluding hydrogens is 505 g/mol. The largest absolute Gasteiger partial charge is 0.516 e. The Hall–Kier alpha value is -1.47. The van der Waals surface area contributed by atoms with Crippen LogP contribution < -0.4 is 4.72 Å². The Kier molecular flexibility index (Phi) is 13.0. The van der Waals surface area contributed by atoms with Crippen molar-refractivity contribution in [2.45, 2.75) is 30.7 Å². The van der Waals surface area contributed by atoms with E-state index in [9.17, 15) is 61.5 Å². The van der Waals surface area contributed by atoms with E-state index in [2.05, 4.69) is 0 Å². The van der Waals surface area contributed by atoms with Crippen molar-refractivity contribution in [1.82, 2.24) is 9.62 Å². The number of amides is 1. The first-order valence-corrected chi connectivity index (χ1v) is 9.54. The number of hydrogen-bond acceptors (Lipinski definition) is 6. The zero-order chi connectivity index (χ0) is 26.0. The van der Waals surface area contributed by atoms with Gasteiger partial charge in [-0.3, -0.25) is 9.69 Å². The first-order valence-electron chi connectivity index (χ1n) is 8.06. The minimum absolute atomic E-state index is 0.291. The Bertz CT molecular complexity index is 663. The fraction of sp³-hybridized carbons (Fsp3) is 0.923. The molecule has 0 bridgehead atoms. The summed E-state index contributed by atoms with van der Waals surface area (Å²) in [6, 6.07) is 0. The normalized spacial score (nSPS) is 13.6. The number of nitrogens with one attached hydrogen (secondary N) is 1. The monoisotopic (exact) mass is 524 g/mol. The number of ether oxygens (including phenoxy) is 2. The quantitative estimate of drug-likeness (QED) is 0.350. The number of methoxy groups -OCH3 is 1. The summed E-state index contributed by atoms with van der Waals surface area (Å²) in [5, 5.41) is 0. The molecule has 19 heteroatoms. The Labute approximate surface area is 174 Å². The van der Waals surface area contributed by atoms with Crippen molar-refractivity contribution in [3.05, 3.63) is 0 Å². The van der Waals surface area contributed by atoms with Crippen molar-refractivity contribution >= 4 is 15.9 Å². The number of alkyl halides is 11. The highest BCUT2D eigenvalue weighted by atomic mass is 32.2. The van der Waals surface area contributed by atoms with Gasteiger partial charge in [0, 0.05) is 13.7 Å². The van der Waals surface area contributed by atoms with Gasteiger partial charge in [0.1, 0.15) is 0 Å². The molecule has 32 heavy (non-hydrogen) atoms. The molecule has 0 fully saturated rings. The molecule has 0 aromatic carbocycles. The third-order valence-electron chi connectivity index (χ3n) is 3.01. The van der Waals surface area contributed by atoms with Crippen molar-refractivity contribution in [3.8, 4) is 0 Å². The highest BCUT2D eigenvalue weighted by Gasteiger charge is 2.65. The summed E-state index contributed by atoms with van der Waals surface area (Å²) in [4.78, 5) is 11.4. The van der Waals surface area contributed by atoms with Gasteiger partial charge in [-0.05, 0) is 6.54 Å². The zero-order valence-corrected chi connectivity index (χ0v) is 17.1.